The predicted octanol–water partition coefficient (Wildman–Crippen LogP) is 3.41. The van der Waals surface area contributed by atoms with Gasteiger partial charge in [-0.1, -0.05) is 29.8 Å². The van der Waals surface area contributed by atoms with Crippen molar-refractivity contribution in [2.24, 2.45) is 0 Å². The van der Waals surface area contributed by atoms with Crippen LogP contribution in [0.25, 0.3) is 0 Å². The Morgan fingerprint density at radius 3 is 2.67 bits per heavy atom. The molecule has 1 saturated heterocycles. The molecule has 3 rings (SSSR count). The third-order valence-corrected chi connectivity index (χ3v) is 3.99. The molecule has 0 radical (unpaired) electrons. The van der Waals surface area contributed by atoms with Crippen molar-refractivity contribution in [3.8, 4) is 0 Å². The Morgan fingerprint density at radius 2 is 1.96 bits per heavy atom. The highest BCUT2D eigenvalue weighted by atomic mass is 35.5. The molecule has 0 saturated carbocycles. The average molecular weight is 348 g/mol. The second kappa shape index (κ2) is 6.88. The number of urea groups is 1. The maximum absolute atomic E-state index is 13.7. The van der Waals surface area contributed by atoms with Crippen molar-refractivity contribution < 1.29 is 14.0 Å². The molecule has 124 valence electrons. The molecule has 0 aliphatic carbocycles. The Hall–Kier alpha value is -2.60. The molecule has 2 aromatic carbocycles. The van der Waals surface area contributed by atoms with Gasteiger partial charge in [-0.05, 0) is 36.8 Å². The van der Waals surface area contributed by atoms with Gasteiger partial charge in [-0.15, -0.1) is 0 Å². The molecule has 0 bridgehead atoms. The highest BCUT2D eigenvalue weighted by Crippen LogP contribution is 2.22. The fourth-order valence-electron chi connectivity index (χ4n) is 2.59. The molecule has 24 heavy (non-hydrogen) atoms. The van der Waals surface area contributed by atoms with Crippen LogP contribution in [-0.2, 0) is 4.79 Å². The van der Waals surface area contributed by atoms with Crippen LogP contribution in [0.5, 0.6) is 0 Å². The fraction of sp³-hybridized carbons (Fsp3) is 0.176. The number of nitrogens with zero attached hydrogens (tertiary/aromatic N) is 1. The van der Waals surface area contributed by atoms with Gasteiger partial charge in [-0.3, -0.25) is 4.79 Å². The smallest absolute Gasteiger partial charge is 0.319 e. The van der Waals surface area contributed by atoms with Crippen LogP contribution in [0.1, 0.15) is 6.42 Å². The lowest BCUT2D eigenvalue weighted by atomic mass is 10.2. The first-order valence-corrected chi connectivity index (χ1v) is 7.81. The van der Waals surface area contributed by atoms with Crippen LogP contribution < -0.4 is 15.5 Å². The molecule has 2 N–H and O–H groups in total. The lowest BCUT2D eigenvalue weighted by Gasteiger charge is -2.17. The van der Waals surface area contributed by atoms with Crippen molar-refractivity contribution in [2.45, 2.75) is 12.5 Å². The molecule has 1 aliphatic heterocycles. The molecule has 1 atom stereocenters. The number of carbonyl (C=O) groups is 2. The zero-order chi connectivity index (χ0) is 17.1. The van der Waals surface area contributed by atoms with Crippen LogP contribution in [0.3, 0.4) is 0 Å². The summed E-state index contributed by atoms with van der Waals surface area (Å²) in [6, 6.07) is 11.9. The number of anilines is 2. The fourth-order valence-corrected chi connectivity index (χ4v) is 2.74. The van der Waals surface area contributed by atoms with Crippen LogP contribution >= 0.6 is 11.6 Å². The number of hydrogen-bond donors (Lipinski definition) is 2. The van der Waals surface area contributed by atoms with Crippen LogP contribution in [0, 0.1) is 5.82 Å². The number of carbonyl (C=O) groups excluding carboxylic acids is 2. The summed E-state index contributed by atoms with van der Waals surface area (Å²) in [4.78, 5) is 26.0. The summed E-state index contributed by atoms with van der Waals surface area (Å²) in [5.74, 6) is -0.825. The van der Waals surface area contributed by atoms with E-state index in [1.807, 2.05) is 30.3 Å². The maximum Gasteiger partial charge on any atom is 0.319 e. The van der Waals surface area contributed by atoms with Crippen LogP contribution in [0.15, 0.2) is 48.5 Å². The largest absolute Gasteiger partial charge is 0.326 e. The quantitative estimate of drug-likeness (QED) is 0.893. The van der Waals surface area contributed by atoms with E-state index in [1.165, 1.54) is 12.1 Å². The predicted molar refractivity (Wildman–Crippen MR) is 90.8 cm³/mol. The number of amides is 3. The van der Waals surface area contributed by atoms with Gasteiger partial charge in [0.2, 0.25) is 5.91 Å². The Labute approximate surface area is 143 Å². The zero-order valence-corrected chi connectivity index (χ0v) is 13.4. The van der Waals surface area contributed by atoms with Gasteiger partial charge >= 0.3 is 6.03 Å². The summed E-state index contributed by atoms with van der Waals surface area (Å²) in [6.07, 6.45) is 0.490. The summed E-state index contributed by atoms with van der Waals surface area (Å²) < 4.78 is 13.7. The van der Waals surface area contributed by atoms with Crippen molar-refractivity contribution in [1.29, 1.82) is 0 Å². The Morgan fingerprint density at radius 1 is 1.21 bits per heavy atom. The Balaban J connectivity index is 1.62. The summed E-state index contributed by atoms with van der Waals surface area (Å²) in [5, 5.41) is 5.20. The van der Waals surface area contributed by atoms with Gasteiger partial charge < -0.3 is 15.5 Å². The van der Waals surface area contributed by atoms with Crippen molar-refractivity contribution >= 4 is 34.9 Å². The lowest BCUT2D eigenvalue weighted by molar-refractivity contribution is -0.118. The monoisotopic (exact) mass is 347 g/mol. The molecule has 0 aromatic heterocycles. The van der Waals surface area contributed by atoms with Crippen LogP contribution in [0.2, 0.25) is 5.02 Å². The average Bonchev–Trinajstić information content (AvgIpc) is 2.92. The van der Waals surface area contributed by atoms with Crippen molar-refractivity contribution in [3.05, 3.63) is 59.4 Å². The Kier molecular flexibility index (Phi) is 4.66. The topological polar surface area (TPSA) is 61.4 Å². The zero-order valence-electron chi connectivity index (χ0n) is 12.6. The number of hydrogen-bond acceptors (Lipinski definition) is 2. The molecule has 1 heterocycles. The first kappa shape index (κ1) is 16.3. The third kappa shape index (κ3) is 3.49. The van der Waals surface area contributed by atoms with E-state index in [2.05, 4.69) is 10.6 Å². The summed E-state index contributed by atoms with van der Waals surface area (Å²) >= 11 is 5.67. The van der Waals surface area contributed by atoms with E-state index in [1.54, 1.807) is 4.90 Å². The standard InChI is InChI=1S/C17H15ClFN3O2/c18-11-6-7-14(13(19)10-11)20-17(24)21-15-8-9-22(16(15)23)12-4-2-1-3-5-12/h1-7,10,15H,8-9H2,(H2,20,21,24)/t15-/m1/s1. The molecule has 7 heteroatoms. The molecular weight excluding hydrogens is 333 g/mol. The van der Waals surface area contributed by atoms with Crippen molar-refractivity contribution in [2.75, 3.05) is 16.8 Å². The minimum atomic E-state index is -0.638. The highest BCUT2D eigenvalue weighted by Gasteiger charge is 2.33. The van der Waals surface area contributed by atoms with Gasteiger partial charge in [0.1, 0.15) is 11.9 Å². The van der Waals surface area contributed by atoms with Gasteiger partial charge in [0, 0.05) is 17.3 Å². The minimum absolute atomic E-state index is 0.00209. The second-order valence-electron chi connectivity index (χ2n) is 5.39. The first-order valence-electron chi connectivity index (χ1n) is 7.43. The molecular formula is C17H15ClFN3O2. The molecule has 2 aromatic rings. The summed E-state index contributed by atoms with van der Waals surface area (Å²) in [7, 11) is 0. The molecule has 0 unspecified atom stereocenters. The number of para-hydroxylation sites is 1. The first-order chi connectivity index (χ1) is 11.5. The van der Waals surface area contributed by atoms with E-state index in [-0.39, 0.29) is 16.6 Å². The van der Waals surface area contributed by atoms with Gasteiger partial charge in [0.15, 0.2) is 0 Å². The van der Waals surface area contributed by atoms with Crippen LogP contribution in [-0.4, -0.2) is 24.5 Å². The van der Waals surface area contributed by atoms with Gasteiger partial charge in [-0.2, -0.15) is 0 Å². The normalized spacial score (nSPS) is 17.0. The Bertz CT molecular complexity index is 770. The molecule has 5 nitrogen and oxygen atoms in total. The van der Waals surface area contributed by atoms with E-state index < -0.39 is 17.9 Å². The van der Waals surface area contributed by atoms with E-state index in [0.717, 1.165) is 11.8 Å². The maximum atomic E-state index is 13.7. The van der Waals surface area contributed by atoms with Gasteiger partial charge in [0.05, 0.1) is 5.69 Å². The molecule has 0 spiro atoms. The van der Waals surface area contributed by atoms with Gasteiger partial charge in [-0.25, -0.2) is 9.18 Å². The number of halogens is 2. The van der Waals surface area contributed by atoms with Crippen molar-refractivity contribution in [1.82, 2.24) is 5.32 Å². The molecule has 1 aliphatic rings. The third-order valence-electron chi connectivity index (χ3n) is 3.76. The van der Waals surface area contributed by atoms with Gasteiger partial charge in [0.25, 0.3) is 0 Å². The SMILES string of the molecule is O=C(Nc1ccc(Cl)cc1F)N[C@@H]1CCN(c2ccccc2)C1=O. The number of benzene rings is 2. The highest BCUT2D eigenvalue weighted by molar-refractivity contribution is 6.30. The lowest BCUT2D eigenvalue weighted by Crippen LogP contribution is -2.43. The number of nitrogens with one attached hydrogen (secondary N) is 2. The number of rotatable bonds is 3. The molecule has 3 amide bonds. The second-order valence-corrected chi connectivity index (χ2v) is 5.83. The van der Waals surface area contributed by atoms with Crippen LogP contribution in [0.4, 0.5) is 20.6 Å². The van der Waals surface area contributed by atoms with E-state index in [0.29, 0.717) is 13.0 Å². The summed E-state index contributed by atoms with van der Waals surface area (Å²) in [5.41, 5.74) is 0.790. The van der Waals surface area contributed by atoms with E-state index in [4.69, 9.17) is 11.6 Å². The van der Waals surface area contributed by atoms with Crippen molar-refractivity contribution in [3.63, 3.8) is 0 Å². The summed E-state index contributed by atoms with van der Waals surface area (Å²) in [6.45, 7) is 0.517. The minimum Gasteiger partial charge on any atom is -0.326 e. The van der Waals surface area contributed by atoms with E-state index in [9.17, 15) is 14.0 Å². The van der Waals surface area contributed by atoms with E-state index >= 15 is 0 Å². The molecule has 1 fully saturated rings.